The number of anilines is 1. The molecular formula is C10H14ClN3OS. The fourth-order valence-corrected chi connectivity index (χ4v) is 2.28. The smallest absolute Gasteiger partial charge is 0.242 e. The summed E-state index contributed by atoms with van der Waals surface area (Å²) in [5.41, 5.74) is 1.70. The highest BCUT2D eigenvalue weighted by Gasteiger charge is 2.22. The second-order valence-corrected chi connectivity index (χ2v) is 4.48. The molecule has 2 N–H and O–H groups in total. The first-order chi connectivity index (χ1) is 7.25. The summed E-state index contributed by atoms with van der Waals surface area (Å²) in [6.07, 6.45) is 1.68. The predicted molar refractivity (Wildman–Crippen MR) is 69.1 cm³/mol. The minimum Gasteiger partial charge on any atom is -0.323 e. The molecule has 2 heterocycles. The van der Waals surface area contributed by atoms with Gasteiger partial charge in [-0.15, -0.1) is 24.2 Å². The van der Waals surface area contributed by atoms with E-state index in [9.17, 15) is 4.79 Å². The number of halogens is 1. The van der Waals surface area contributed by atoms with Crippen molar-refractivity contribution in [1.29, 1.82) is 0 Å². The van der Waals surface area contributed by atoms with E-state index in [-0.39, 0.29) is 24.4 Å². The number of aromatic nitrogens is 1. The molecule has 0 spiro atoms. The third-order valence-corrected chi connectivity index (χ3v) is 3.15. The van der Waals surface area contributed by atoms with Crippen LogP contribution in [0.4, 0.5) is 5.69 Å². The van der Waals surface area contributed by atoms with Crippen LogP contribution < -0.4 is 10.6 Å². The number of aryl methyl sites for hydroxylation is 1. The van der Waals surface area contributed by atoms with Gasteiger partial charge in [-0.05, 0) is 19.1 Å². The highest BCUT2D eigenvalue weighted by Crippen LogP contribution is 2.12. The van der Waals surface area contributed by atoms with Crippen LogP contribution in [0.25, 0.3) is 0 Å². The van der Waals surface area contributed by atoms with Crippen LogP contribution in [0.2, 0.25) is 0 Å². The third kappa shape index (κ3) is 3.37. The Kier molecular flexibility index (Phi) is 5.05. The number of amides is 1. The lowest BCUT2D eigenvalue weighted by Crippen LogP contribution is -2.37. The van der Waals surface area contributed by atoms with E-state index >= 15 is 0 Å². The fraction of sp³-hybridized carbons (Fsp3) is 0.400. The molecular weight excluding hydrogens is 246 g/mol. The zero-order valence-corrected chi connectivity index (χ0v) is 10.5. The molecule has 1 atom stereocenters. The maximum Gasteiger partial charge on any atom is 0.242 e. The standard InChI is InChI=1S/C10H13N3OS.ClH/c1-7-2-3-8(4-11-7)13-10(14)9-5-15-6-12-9;/h2-4,9,12H,5-6H2,1H3,(H,13,14);1H. The Balaban J connectivity index is 0.00000128. The SMILES string of the molecule is Cc1ccc(NC(=O)C2CSCN2)cn1.Cl. The van der Waals surface area contributed by atoms with Gasteiger partial charge in [0.1, 0.15) is 0 Å². The van der Waals surface area contributed by atoms with Crippen molar-refractivity contribution in [1.82, 2.24) is 10.3 Å². The highest BCUT2D eigenvalue weighted by molar-refractivity contribution is 7.99. The number of hydrogen-bond acceptors (Lipinski definition) is 4. The number of thioether (sulfide) groups is 1. The van der Waals surface area contributed by atoms with Gasteiger partial charge in [0.2, 0.25) is 5.91 Å². The van der Waals surface area contributed by atoms with Gasteiger partial charge in [-0.3, -0.25) is 15.1 Å². The number of rotatable bonds is 2. The Morgan fingerprint density at radius 1 is 1.62 bits per heavy atom. The van der Waals surface area contributed by atoms with E-state index in [1.165, 1.54) is 0 Å². The minimum atomic E-state index is -0.0729. The van der Waals surface area contributed by atoms with Crippen molar-refractivity contribution >= 4 is 35.8 Å². The monoisotopic (exact) mass is 259 g/mol. The second-order valence-electron chi connectivity index (χ2n) is 3.45. The average Bonchev–Trinajstić information content (AvgIpc) is 2.74. The summed E-state index contributed by atoms with van der Waals surface area (Å²) in [5, 5.41) is 5.95. The van der Waals surface area contributed by atoms with Gasteiger partial charge in [0.15, 0.2) is 0 Å². The highest BCUT2D eigenvalue weighted by atomic mass is 35.5. The average molecular weight is 260 g/mol. The van der Waals surface area contributed by atoms with Crippen molar-refractivity contribution in [2.24, 2.45) is 0 Å². The maximum absolute atomic E-state index is 11.7. The van der Waals surface area contributed by atoms with Crippen LogP contribution in [0, 0.1) is 6.92 Å². The van der Waals surface area contributed by atoms with Crippen molar-refractivity contribution in [3.05, 3.63) is 24.0 Å². The molecule has 0 bridgehead atoms. The van der Waals surface area contributed by atoms with E-state index < -0.39 is 0 Å². The van der Waals surface area contributed by atoms with E-state index in [1.54, 1.807) is 18.0 Å². The first-order valence-corrected chi connectivity index (χ1v) is 5.96. The zero-order chi connectivity index (χ0) is 10.7. The molecule has 6 heteroatoms. The summed E-state index contributed by atoms with van der Waals surface area (Å²) in [6, 6.07) is 3.67. The lowest BCUT2D eigenvalue weighted by molar-refractivity contribution is -0.117. The largest absolute Gasteiger partial charge is 0.323 e. The molecule has 1 unspecified atom stereocenters. The van der Waals surface area contributed by atoms with E-state index in [0.29, 0.717) is 0 Å². The number of carbonyl (C=O) groups excluding carboxylic acids is 1. The molecule has 0 aliphatic carbocycles. The predicted octanol–water partition coefficient (Wildman–Crippen LogP) is 1.41. The first kappa shape index (κ1) is 13.3. The topological polar surface area (TPSA) is 54.0 Å². The molecule has 0 radical (unpaired) electrons. The van der Waals surface area contributed by atoms with Gasteiger partial charge in [-0.25, -0.2) is 0 Å². The van der Waals surface area contributed by atoms with Crippen LogP contribution in [-0.4, -0.2) is 28.6 Å². The number of carbonyl (C=O) groups is 1. The number of nitrogens with one attached hydrogen (secondary N) is 2. The van der Waals surface area contributed by atoms with Gasteiger partial charge in [0, 0.05) is 17.3 Å². The van der Waals surface area contributed by atoms with Crippen LogP contribution in [0.5, 0.6) is 0 Å². The lowest BCUT2D eigenvalue weighted by Gasteiger charge is -2.09. The molecule has 1 fully saturated rings. The molecule has 1 saturated heterocycles. The second kappa shape index (κ2) is 6.08. The summed E-state index contributed by atoms with van der Waals surface area (Å²) < 4.78 is 0. The molecule has 2 rings (SSSR count). The number of nitrogens with zero attached hydrogens (tertiary/aromatic N) is 1. The molecule has 1 aliphatic heterocycles. The van der Waals surface area contributed by atoms with E-state index in [2.05, 4.69) is 15.6 Å². The maximum atomic E-state index is 11.7. The number of pyridine rings is 1. The molecule has 1 aliphatic rings. The van der Waals surface area contributed by atoms with E-state index in [4.69, 9.17) is 0 Å². The summed E-state index contributed by atoms with van der Waals surface area (Å²) in [7, 11) is 0. The van der Waals surface area contributed by atoms with Crippen LogP contribution in [-0.2, 0) is 4.79 Å². The van der Waals surface area contributed by atoms with Gasteiger partial charge in [-0.2, -0.15) is 0 Å². The molecule has 4 nitrogen and oxygen atoms in total. The Labute approximate surface area is 105 Å². The van der Waals surface area contributed by atoms with Crippen molar-refractivity contribution in [2.45, 2.75) is 13.0 Å². The Morgan fingerprint density at radius 3 is 3.00 bits per heavy atom. The molecule has 16 heavy (non-hydrogen) atoms. The molecule has 1 amide bonds. The lowest BCUT2D eigenvalue weighted by atomic mass is 10.3. The summed E-state index contributed by atoms with van der Waals surface area (Å²) in [4.78, 5) is 15.8. The van der Waals surface area contributed by atoms with Crippen LogP contribution >= 0.6 is 24.2 Å². The van der Waals surface area contributed by atoms with Gasteiger partial charge in [-0.1, -0.05) is 0 Å². The van der Waals surface area contributed by atoms with Gasteiger partial charge < -0.3 is 5.32 Å². The van der Waals surface area contributed by atoms with Crippen molar-refractivity contribution in [3.8, 4) is 0 Å². The van der Waals surface area contributed by atoms with Gasteiger partial charge >= 0.3 is 0 Å². The van der Waals surface area contributed by atoms with E-state index in [1.807, 2.05) is 19.1 Å². The van der Waals surface area contributed by atoms with Crippen molar-refractivity contribution in [3.63, 3.8) is 0 Å². The van der Waals surface area contributed by atoms with Crippen molar-refractivity contribution in [2.75, 3.05) is 16.9 Å². The normalized spacial score (nSPS) is 18.9. The molecule has 0 aromatic carbocycles. The third-order valence-electron chi connectivity index (χ3n) is 2.21. The quantitative estimate of drug-likeness (QED) is 0.843. The summed E-state index contributed by atoms with van der Waals surface area (Å²) >= 11 is 1.74. The van der Waals surface area contributed by atoms with Crippen LogP contribution in [0.15, 0.2) is 18.3 Å². The first-order valence-electron chi connectivity index (χ1n) is 4.80. The molecule has 0 saturated carbocycles. The summed E-state index contributed by atoms with van der Waals surface area (Å²) in [5.74, 6) is 1.71. The van der Waals surface area contributed by atoms with Crippen LogP contribution in [0.1, 0.15) is 5.69 Å². The van der Waals surface area contributed by atoms with E-state index in [0.717, 1.165) is 23.0 Å². The Hall–Kier alpha value is -0.780. The Morgan fingerprint density at radius 2 is 2.44 bits per heavy atom. The van der Waals surface area contributed by atoms with Gasteiger partial charge in [0.25, 0.3) is 0 Å². The van der Waals surface area contributed by atoms with Gasteiger partial charge in [0.05, 0.1) is 17.9 Å². The Bertz CT molecular complexity index is 352. The minimum absolute atomic E-state index is 0. The molecule has 1 aromatic rings. The molecule has 88 valence electrons. The zero-order valence-electron chi connectivity index (χ0n) is 8.90. The van der Waals surface area contributed by atoms with Crippen LogP contribution in [0.3, 0.4) is 0 Å². The van der Waals surface area contributed by atoms with Crippen molar-refractivity contribution < 1.29 is 4.79 Å². The number of hydrogen-bond donors (Lipinski definition) is 2. The molecule has 1 aromatic heterocycles. The summed E-state index contributed by atoms with van der Waals surface area (Å²) in [6.45, 7) is 1.92. The fourth-order valence-electron chi connectivity index (χ4n) is 1.33.